The average molecular weight is 435 g/mol. The van der Waals surface area contributed by atoms with Crippen LogP contribution in [-0.2, 0) is 18.4 Å². The van der Waals surface area contributed by atoms with Gasteiger partial charge in [0.25, 0.3) is 5.91 Å². The molecule has 0 bridgehead atoms. The summed E-state index contributed by atoms with van der Waals surface area (Å²) in [6, 6.07) is 7.18. The number of rotatable bonds is 5. The Balaban J connectivity index is 0.00000320. The number of nitrogens with zero attached hydrogens (tertiary/aromatic N) is 3. The van der Waals surface area contributed by atoms with E-state index in [1.54, 1.807) is 23.9 Å². The molecule has 30 heavy (non-hydrogen) atoms. The maximum atomic E-state index is 12.6. The highest BCUT2D eigenvalue weighted by Crippen LogP contribution is 2.23. The highest BCUT2D eigenvalue weighted by molar-refractivity contribution is 6.03. The Bertz CT molecular complexity index is 867. The van der Waals surface area contributed by atoms with E-state index in [1.165, 1.54) is 0 Å². The van der Waals surface area contributed by atoms with Gasteiger partial charge in [-0.15, -0.1) is 12.4 Å². The van der Waals surface area contributed by atoms with Crippen molar-refractivity contribution in [3.8, 4) is 0 Å². The molecule has 0 radical (unpaired) electrons. The van der Waals surface area contributed by atoms with Crippen molar-refractivity contribution >= 4 is 30.2 Å². The first-order valence-electron chi connectivity index (χ1n) is 10.0. The van der Waals surface area contributed by atoms with Crippen LogP contribution in [0.2, 0.25) is 0 Å². The molecule has 1 aliphatic rings. The number of carbonyl (C=O) groups is 2. The summed E-state index contributed by atoms with van der Waals surface area (Å²) in [6.07, 6.45) is 2.01. The van der Waals surface area contributed by atoms with Crippen molar-refractivity contribution in [2.24, 2.45) is 12.5 Å². The lowest BCUT2D eigenvalue weighted by Gasteiger charge is -2.19. The minimum atomic E-state index is -0.428. The largest absolute Gasteiger partial charge is 0.352 e. The number of piperidine rings is 1. The number of benzene rings is 1. The standard InChI is InChI=1S/C21H30N6O2.ClH/c1-21(2,3)19(29)23-13-14-5-7-16(8-6-14)18(28)25-20-24-17(26-27(20)4)15-9-11-22-12-10-15;/h5-8,15,22H,9-13H2,1-4H3,(H,23,29)(H,24,25,26,28);1H. The first-order valence-corrected chi connectivity index (χ1v) is 10.0. The van der Waals surface area contributed by atoms with Crippen molar-refractivity contribution < 1.29 is 9.59 Å². The zero-order valence-corrected chi connectivity index (χ0v) is 18.8. The van der Waals surface area contributed by atoms with Gasteiger partial charge in [0.05, 0.1) is 0 Å². The molecule has 0 unspecified atom stereocenters. The quantitative estimate of drug-likeness (QED) is 0.671. The van der Waals surface area contributed by atoms with Crippen molar-refractivity contribution in [3.05, 3.63) is 41.2 Å². The number of amides is 2. The van der Waals surface area contributed by atoms with Crippen LogP contribution in [0.3, 0.4) is 0 Å². The van der Waals surface area contributed by atoms with Crippen LogP contribution < -0.4 is 16.0 Å². The molecule has 0 aliphatic carbocycles. The number of nitrogens with one attached hydrogen (secondary N) is 3. The summed E-state index contributed by atoms with van der Waals surface area (Å²) < 4.78 is 1.62. The third kappa shape index (κ3) is 6.03. The van der Waals surface area contributed by atoms with Crippen molar-refractivity contribution in [3.63, 3.8) is 0 Å². The van der Waals surface area contributed by atoms with Crippen LogP contribution in [0.1, 0.15) is 61.3 Å². The van der Waals surface area contributed by atoms with Gasteiger partial charge in [-0.25, -0.2) is 4.68 Å². The van der Waals surface area contributed by atoms with Gasteiger partial charge in [-0.2, -0.15) is 10.1 Å². The molecular formula is C21H31ClN6O2. The van der Waals surface area contributed by atoms with Gasteiger partial charge >= 0.3 is 0 Å². The van der Waals surface area contributed by atoms with Gasteiger partial charge in [-0.3, -0.25) is 14.9 Å². The van der Waals surface area contributed by atoms with Crippen molar-refractivity contribution in [2.45, 2.75) is 46.1 Å². The molecule has 1 aliphatic heterocycles. The summed E-state index contributed by atoms with van der Waals surface area (Å²) >= 11 is 0. The van der Waals surface area contributed by atoms with Crippen LogP contribution in [0.15, 0.2) is 24.3 Å². The molecule has 2 aromatic rings. The fraction of sp³-hybridized carbons (Fsp3) is 0.524. The number of aromatic nitrogens is 3. The molecule has 0 saturated carbocycles. The molecule has 1 fully saturated rings. The Hall–Kier alpha value is -2.45. The van der Waals surface area contributed by atoms with Crippen molar-refractivity contribution in [1.29, 1.82) is 0 Å². The van der Waals surface area contributed by atoms with E-state index in [0.29, 0.717) is 24.0 Å². The highest BCUT2D eigenvalue weighted by atomic mass is 35.5. The minimum Gasteiger partial charge on any atom is -0.352 e. The van der Waals surface area contributed by atoms with E-state index < -0.39 is 5.41 Å². The van der Waals surface area contributed by atoms with Gasteiger partial charge in [0, 0.05) is 30.5 Å². The molecule has 3 rings (SSSR count). The number of halogens is 1. The first-order chi connectivity index (χ1) is 13.7. The minimum absolute atomic E-state index is 0. The van der Waals surface area contributed by atoms with Gasteiger partial charge in [-0.05, 0) is 43.6 Å². The third-order valence-corrected chi connectivity index (χ3v) is 5.06. The lowest BCUT2D eigenvalue weighted by Crippen LogP contribution is -2.34. The zero-order chi connectivity index (χ0) is 21.0. The lowest BCUT2D eigenvalue weighted by atomic mass is 9.95. The topological polar surface area (TPSA) is 101 Å². The predicted octanol–water partition coefficient (Wildman–Crippen LogP) is 2.62. The van der Waals surface area contributed by atoms with Gasteiger partial charge in [-0.1, -0.05) is 32.9 Å². The molecule has 0 spiro atoms. The highest BCUT2D eigenvalue weighted by Gasteiger charge is 2.22. The second kappa shape index (κ2) is 10.0. The Kier molecular flexibility index (Phi) is 7.97. The van der Waals surface area contributed by atoms with Crippen LogP contribution in [0.25, 0.3) is 0 Å². The molecule has 1 saturated heterocycles. The van der Waals surface area contributed by atoms with Crippen LogP contribution >= 0.6 is 12.4 Å². The Morgan fingerprint density at radius 2 is 1.80 bits per heavy atom. The molecule has 8 nitrogen and oxygen atoms in total. The van der Waals surface area contributed by atoms with Crippen LogP contribution in [0.5, 0.6) is 0 Å². The third-order valence-electron chi connectivity index (χ3n) is 5.06. The number of anilines is 1. The molecule has 0 atom stereocenters. The maximum Gasteiger partial charge on any atom is 0.258 e. The summed E-state index contributed by atoms with van der Waals surface area (Å²) in [5, 5.41) is 13.6. The van der Waals surface area contributed by atoms with E-state index in [2.05, 4.69) is 26.0 Å². The van der Waals surface area contributed by atoms with E-state index in [9.17, 15) is 9.59 Å². The summed E-state index contributed by atoms with van der Waals surface area (Å²) in [5.41, 5.74) is 1.04. The SMILES string of the molecule is Cl.Cn1nc(C2CCNCC2)nc1NC(=O)c1ccc(CNC(=O)C(C)(C)C)cc1. The van der Waals surface area contributed by atoms with Gasteiger partial charge in [0.2, 0.25) is 11.9 Å². The maximum absolute atomic E-state index is 12.6. The van der Waals surface area contributed by atoms with Gasteiger partial charge in [0.1, 0.15) is 0 Å². The predicted molar refractivity (Wildman–Crippen MR) is 119 cm³/mol. The van der Waals surface area contributed by atoms with Crippen LogP contribution in [0.4, 0.5) is 5.95 Å². The van der Waals surface area contributed by atoms with Crippen LogP contribution in [0, 0.1) is 5.41 Å². The zero-order valence-electron chi connectivity index (χ0n) is 18.0. The second-order valence-corrected chi connectivity index (χ2v) is 8.53. The first kappa shape index (κ1) is 23.8. The van der Waals surface area contributed by atoms with E-state index in [0.717, 1.165) is 37.3 Å². The van der Waals surface area contributed by atoms with E-state index >= 15 is 0 Å². The molecule has 1 aromatic carbocycles. The number of hydrogen-bond acceptors (Lipinski definition) is 5. The normalized spacial score (nSPS) is 14.7. The van der Waals surface area contributed by atoms with Gasteiger partial charge < -0.3 is 10.6 Å². The summed E-state index contributed by atoms with van der Waals surface area (Å²) in [7, 11) is 1.79. The van der Waals surface area contributed by atoms with Gasteiger partial charge in [0.15, 0.2) is 5.82 Å². The fourth-order valence-electron chi connectivity index (χ4n) is 3.16. The summed E-state index contributed by atoms with van der Waals surface area (Å²) in [6.45, 7) is 7.98. The molecule has 3 N–H and O–H groups in total. The lowest BCUT2D eigenvalue weighted by molar-refractivity contribution is -0.128. The fourth-order valence-corrected chi connectivity index (χ4v) is 3.16. The smallest absolute Gasteiger partial charge is 0.258 e. The van der Waals surface area contributed by atoms with E-state index in [-0.39, 0.29) is 24.2 Å². The van der Waals surface area contributed by atoms with E-state index in [1.807, 2.05) is 32.9 Å². The number of carbonyl (C=O) groups excluding carboxylic acids is 2. The summed E-state index contributed by atoms with van der Waals surface area (Å²) in [4.78, 5) is 29.1. The molecule has 2 heterocycles. The second-order valence-electron chi connectivity index (χ2n) is 8.53. The molecule has 164 valence electrons. The van der Waals surface area contributed by atoms with Crippen molar-refractivity contribution in [2.75, 3.05) is 18.4 Å². The van der Waals surface area contributed by atoms with Crippen molar-refractivity contribution in [1.82, 2.24) is 25.4 Å². The van der Waals surface area contributed by atoms with E-state index in [4.69, 9.17) is 0 Å². The number of aryl methyl sites for hydroxylation is 1. The molecular weight excluding hydrogens is 404 g/mol. The van der Waals surface area contributed by atoms with Crippen LogP contribution in [-0.4, -0.2) is 39.7 Å². The number of hydrogen-bond donors (Lipinski definition) is 3. The molecule has 1 aromatic heterocycles. The molecule has 2 amide bonds. The monoisotopic (exact) mass is 434 g/mol. The Labute approximate surface area is 183 Å². The Morgan fingerprint density at radius 3 is 2.40 bits per heavy atom. The Morgan fingerprint density at radius 1 is 1.17 bits per heavy atom. The molecule has 9 heteroatoms. The average Bonchev–Trinajstić information content (AvgIpc) is 3.06. The summed E-state index contributed by atoms with van der Waals surface area (Å²) in [5.74, 6) is 1.32.